The number of nitrogen functional groups attached to an aromatic ring is 1. The van der Waals surface area contributed by atoms with Crippen LogP contribution in [-0.2, 0) is 7.05 Å². The van der Waals surface area contributed by atoms with E-state index in [1.807, 2.05) is 74.1 Å². The maximum absolute atomic E-state index is 12.3. The second kappa shape index (κ2) is 7.27. The summed E-state index contributed by atoms with van der Waals surface area (Å²) in [4.78, 5) is 20.8. The Morgan fingerprint density at radius 2 is 1.66 bits per heavy atom. The van der Waals surface area contributed by atoms with Gasteiger partial charge in [-0.1, -0.05) is 23.8 Å². The molecular weight excluding hydrogens is 364 g/mol. The number of benzene rings is 2. The predicted octanol–water partition coefficient (Wildman–Crippen LogP) is 4.48. The van der Waals surface area contributed by atoms with Gasteiger partial charge in [0.1, 0.15) is 17.8 Å². The Balaban J connectivity index is 1.59. The van der Waals surface area contributed by atoms with E-state index in [9.17, 15) is 4.79 Å². The lowest BCUT2D eigenvalue weighted by molar-refractivity contribution is 0.262. The normalized spacial score (nSPS) is 10.9. The van der Waals surface area contributed by atoms with Crippen LogP contribution >= 0.6 is 0 Å². The highest BCUT2D eigenvalue weighted by atomic mass is 16.2. The van der Waals surface area contributed by atoms with Crippen LogP contribution in [-0.4, -0.2) is 20.6 Å². The van der Waals surface area contributed by atoms with E-state index in [0.29, 0.717) is 11.5 Å². The molecule has 0 saturated carbocycles. The highest BCUT2D eigenvalue weighted by Gasteiger charge is 2.15. The second-order valence-electron chi connectivity index (χ2n) is 7.09. The van der Waals surface area contributed by atoms with E-state index in [1.165, 1.54) is 6.33 Å². The lowest BCUT2D eigenvalue weighted by Crippen LogP contribution is -2.19. The van der Waals surface area contributed by atoms with Gasteiger partial charge in [0.2, 0.25) is 0 Å². The highest BCUT2D eigenvalue weighted by Crippen LogP contribution is 2.34. The van der Waals surface area contributed by atoms with Crippen LogP contribution in [0.25, 0.3) is 22.2 Å². The number of amides is 2. The lowest BCUT2D eigenvalue weighted by atomic mass is 10.00. The van der Waals surface area contributed by atoms with Crippen molar-refractivity contribution in [1.82, 2.24) is 14.5 Å². The first kappa shape index (κ1) is 18.5. The first-order valence-electron chi connectivity index (χ1n) is 9.23. The molecule has 0 bridgehead atoms. The van der Waals surface area contributed by atoms with Gasteiger partial charge in [-0.25, -0.2) is 14.8 Å². The third kappa shape index (κ3) is 3.62. The minimum Gasteiger partial charge on any atom is -0.383 e. The minimum atomic E-state index is -0.288. The number of fused-ring (bicyclic) bond motifs is 1. The summed E-state index contributed by atoms with van der Waals surface area (Å²) in [6.45, 7) is 4.00. The van der Waals surface area contributed by atoms with Gasteiger partial charge in [0.05, 0.1) is 5.39 Å². The Morgan fingerprint density at radius 3 is 2.38 bits per heavy atom. The molecule has 0 radical (unpaired) electrons. The largest absolute Gasteiger partial charge is 0.383 e. The Hall–Kier alpha value is -3.87. The molecule has 0 saturated heterocycles. The molecule has 7 nitrogen and oxygen atoms in total. The molecule has 7 heteroatoms. The zero-order chi connectivity index (χ0) is 20.5. The van der Waals surface area contributed by atoms with E-state index in [4.69, 9.17) is 5.73 Å². The Bertz CT molecular complexity index is 1210. The number of hydrogen-bond acceptors (Lipinski definition) is 4. The molecule has 0 unspecified atom stereocenters. The number of rotatable bonds is 3. The van der Waals surface area contributed by atoms with Gasteiger partial charge in [-0.3, -0.25) is 0 Å². The topological polar surface area (TPSA) is 97.9 Å². The molecule has 4 rings (SSSR count). The number of nitrogens with one attached hydrogen (secondary N) is 2. The van der Waals surface area contributed by atoms with E-state index < -0.39 is 0 Å². The summed E-state index contributed by atoms with van der Waals surface area (Å²) in [5.74, 6) is 0.449. The van der Waals surface area contributed by atoms with E-state index in [0.717, 1.165) is 39.0 Å². The molecule has 2 amide bonds. The number of hydrogen-bond donors (Lipinski definition) is 3. The number of carbonyl (C=O) groups excluding carboxylic acids is 1. The number of nitrogens with zero attached hydrogens (tertiary/aromatic N) is 3. The maximum atomic E-state index is 12.3. The molecule has 2 heterocycles. The predicted molar refractivity (Wildman–Crippen MR) is 117 cm³/mol. The summed E-state index contributed by atoms with van der Waals surface area (Å²) in [6.07, 6.45) is 3.46. The average Bonchev–Trinajstić information content (AvgIpc) is 3.01. The van der Waals surface area contributed by atoms with Crippen LogP contribution in [0.5, 0.6) is 0 Å². The number of urea groups is 1. The molecule has 0 spiro atoms. The summed E-state index contributed by atoms with van der Waals surface area (Å²) in [6, 6.07) is 13.1. The van der Waals surface area contributed by atoms with Crippen molar-refractivity contribution in [2.24, 2.45) is 7.05 Å². The molecule has 0 fully saturated rings. The SMILES string of the molecule is Cc1ccc(NC(=O)Nc2ccc(-c3cn(C)c4ncnc(N)c34)c(C)c2)cc1. The first-order valence-corrected chi connectivity index (χ1v) is 9.23. The molecule has 0 atom stereocenters. The average molecular weight is 386 g/mol. The van der Waals surface area contributed by atoms with Crippen LogP contribution in [0.3, 0.4) is 0 Å². The number of aryl methyl sites for hydroxylation is 3. The third-order valence-electron chi connectivity index (χ3n) is 4.87. The fourth-order valence-corrected chi connectivity index (χ4v) is 3.41. The van der Waals surface area contributed by atoms with Gasteiger partial charge in [-0.15, -0.1) is 0 Å². The minimum absolute atomic E-state index is 0.288. The quantitative estimate of drug-likeness (QED) is 0.483. The molecule has 2 aromatic carbocycles. The summed E-state index contributed by atoms with van der Waals surface area (Å²) >= 11 is 0. The van der Waals surface area contributed by atoms with Crippen LogP contribution in [0, 0.1) is 13.8 Å². The molecule has 0 aliphatic rings. The van der Waals surface area contributed by atoms with E-state index in [1.54, 1.807) is 0 Å². The summed E-state index contributed by atoms with van der Waals surface area (Å²) in [5.41, 5.74) is 12.5. The molecular formula is C22H22N6O. The highest BCUT2D eigenvalue weighted by molar-refractivity contribution is 6.02. The van der Waals surface area contributed by atoms with Crippen molar-refractivity contribution in [3.63, 3.8) is 0 Å². The van der Waals surface area contributed by atoms with Crippen molar-refractivity contribution in [2.45, 2.75) is 13.8 Å². The van der Waals surface area contributed by atoms with Crippen molar-refractivity contribution < 1.29 is 4.79 Å². The van der Waals surface area contributed by atoms with Gasteiger partial charge in [0.25, 0.3) is 0 Å². The van der Waals surface area contributed by atoms with Gasteiger partial charge in [-0.05, 0) is 49.2 Å². The second-order valence-corrected chi connectivity index (χ2v) is 7.09. The van der Waals surface area contributed by atoms with Crippen LogP contribution in [0.4, 0.5) is 22.0 Å². The Labute approximate surface area is 168 Å². The van der Waals surface area contributed by atoms with E-state index in [-0.39, 0.29) is 6.03 Å². The fraction of sp³-hybridized carbons (Fsp3) is 0.136. The summed E-state index contributed by atoms with van der Waals surface area (Å²) in [7, 11) is 1.93. The smallest absolute Gasteiger partial charge is 0.323 e. The van der Waals surface area contributed by atoms with Crippen LogP contribution in [0.15, 0.2) is 55.0 Å². The maximum Gasteiger partial charge on any atom is 0.323 e. The molecule has 4 aromatic rings. The Morgan fingerprint density at radius 1 is 0.966 bits per heavy atom. The molecule has 0 aliphatic heterocycles. The summed E-state index contributed by atoms with van der Waals surface area (Å²) in [5, 5.41) is 6.54. The number of anilines is 3. The zero-order valence-electron chi connectivity index (χ0n) is 16.5. The van der Waals surface area contributed by atoms with Crippen LogP contribution in [0.2, 0.25) is 0 Å². The van der Waals surface area contributed by atoms with Gasteiger partial charge in [0.15, 0.2) is 0 Å². The lowest BCUT2D eigenvalue weighted by Gasteiger charge is -2.11. The van der Waals surface area contributed by atoms with E-state index >= 15 is 0 Å². The molecule has 29 heavy (non-hydrogen) atoms. The zero-order valence-corrected chi connectivity index (χ0v) is 16.5. The van der Waals surface area contributed by atoms with Crippen molar-refractivity contribution in [3.8, 4) is 11.1 Å². The van der Waals surface area contributed by atoms with Crippen LogP contribution < -0.4 is 16.4 Å². The van der Waals surface area contributed by atoms with Gasteiger partial charge < -0.3 is 20.9 Å². The van der Waals surface area contributed by atoms with Crippen molar-refractivity contribution in [1.29, 1.82) is 0 Å². The third-order valence-corrected chi connectivity index (χ3v) is 4.87. The van der Waals surface area contributed by atoms with Gasteiger partial charge >= 0.3 is 6.03 Å². The first-order chi connectivity index (χ1) is 13.9. The monoisotopic (exact) mass is 386 g/mol. The number of carbonyl (C=O) groups is 1. The van der Waals surface area contributed by atoms with Gasteiger partial charge in [-0.2, -0.15) is 0 Å². The van der Waals surface area contributed by atoms with Crippen molar-refractivity contribution >= 4 is 34.3 Å². The molecule has 0 aliphatic carbocycles. The van der Waals surface area contributed by atoms with Crippen molar-refractivity contribution in [3.05, 3.63) is 66.1 Å². The van der Waals surface area contributed by atoms with Crippen LogP contribution in [0.1, 0.15) is 11.1 Å². The van der Waals surface area contributed by atoms with Crippen molar-refractivity contribution in [2.75, 3.05) is 16.4 Å². The Kier molecular flexibility index (Phi) is 4.64. The number of nitrogens with two attached hydrogens (primary N) is 1. The fourth-order valence-electron chi connectivity index (χ4n) is 3.41. The molecule has 2 aromatic heterocycles. The van der Waals surface area contributed by atoms with Gasteiger partial charge in [0, 0.05) is 30.2 Å². The van der Waals surface area contributed by atoms with E-state index in [2.05, 4.69) is 20.6 Å². The molecule has 4 N–H and O–H groups in total. The summed E-state index contributed by atoms with van der Waals surface area (Å²) < 4.78 is 1.93. The molecule has 146 valence electrons. The standard InChI is InChI=1S/C22H22N6O/c1-13-4-6-15(7-5-13)26-22(29)27-16-8-9-17(14(2)10-16)18-11-28(3)21-19(18)20(23)24-12-25-21/h4-12H,1-3H3,(H2,23,24,25)(H2,26,27,29). The number of aromatic nitrogens is 3.